The van der Waals surface area contributed by atoms with Crippen molar-refractivity contribution in [2.45, 2.75) is 6.42 Å². The van der Waals surface area contributed by atoms with Gasteiger partial charge in [-0.25, -0.2) is 0 Å². The quantitative estimate of drug-likeness (QED) is 0.832. The summed E-state index contributed by atoms with van der Waals surface area (Å²) in [5, 5.41) is 9.79. The molecule has 0 saturated heterocycles. The number of carbonyl (C=O) groups is 1. The first kappa shape index (κ1) is 11.3. The molecule has 0 atom stereocenters. The van der Waals surface area contributed by atoms with E-state index in [9.17, 15) is 4.79 Å². The minimum atomic E-state index is -0.132. The second-order valence-corrected chi connectivity index (χ2v) is 3.69. The van der Waals surface area contributed by atoms with E-state index in [1.165, 1.54) is 6.20 Å². The van der Waals surface area contributed by atoms with Crippen molar-refractivity contribution >= 4 is 5.91 Å². The van der Waals surface area contributed by atoms with Crippen LogP contribution in [-0.4, -0.2) is 44.8 Å². The summed E-state index contributed by atoms with van der Waals surface area (Å²) in [7, 11) is 1.75. The smallest absolute Gasteiger partial charge is 0.275 e. The number of hydrogen-bond donors (Lipinski definition) is 1. The van der Waals surface area contributed by atoms with Gasteiger partial charge in [0.2, 0.25) is 0 Å². The maximum absolute atomic E-state index is 11.8. The summed E-state index contributed by atoms with van der Waals surface area (Å²) in [6, 6.07) is 3.88. The van der Waals surface area contributed by atoms with Gasteiger partial charge in [0.05, 0.1) is 6.20 Å². The van der Waals surface area contributed by atoms with Crippen LogP contribution in [0, 0.1) is 0 Å². The summed E-state index contributed by atoms with van der Waals surface area (Å²) in [6.45, 7) is 0.635. The third-order valence-electron chi connectivity index (χ3n) is 2.47. The molecule has 17 heavy (non-hydrogen) atoms. The van der Waals surface area contributed by atoms with Gasteiger partial charge in [-0.15, -0.1) is 0 Å². The SMILES string of the molecule is CN(CCc1ccncc1)C(=O)c1cn[nH]n1. The lowest BCUT2D eigenvalue weighted by molar-refractivity contribution is 0.0791. The molecule has 0 spiro atoms. The Morgan fingerprint density at radius 1 is 1.41 bits per heavy atom. The van der Waals surface area contributed by atoms with Crippen LogP contribution < -0.4 is 0 Å². The number of H-pyrrole nitrogens is 1. The van der Waals surface area contributed by atoms with Crippen molar-refractivity contribution in [3.05, 3.63) is 42.0 Å². The van der Waals surface area contributed by atoms with Crippen molar-refractivity contribution in [3.63, 3.8) is 0 Å². The van der Waals surface area contributed by atoms with Gasteiger partial charge in [-0.1, -0.05) is 0 Å². The van der Waals surface area contributed by atoms with Crippen molar-refractivity contribution in [3.8, 4) is 0 Å². The zero-order valence-electron chi connectivity index (χ0n) is 9.50. The molecule has 0 unspecified atom stereocenters. The number of aromatic nitrogens is 4. The Labute approximate surface area is 98.7 Å². The molecule has 0 aliphatic rings. The van der Waals surface area contributed by atoms with E-state index in [4.69, 9.17) is 0 Å². The summed E-state index contributed by atoms with van der Waals surface area (Å²) in [5.74, 6) is -0.132. The summed E-state index contributed by atoms with van der Waals surface area (Å²) >= 11 is 0. The van der Waals surface area contributed by atoms with Crippen molar-refractivity contribution in [1.82, 2.24) is 25.3 Å². The Morgan fingerprint density at radius 3 is 2.82 bits per heavy atom. The van der Waals surface area contributed by atoms with E-state index in [0.717, 1.165) is 12.0 Å². The number of amides is 1. The van der Waals surface area contributed by atoms with E-state index in [2.05, 4.69) is 20.4 Å². The zero-order chi connectivity index (χ0) is 12.1. The van der Waals surface area contributed by atoms with Gasteiger partial charge in [-0.2, -0.15) is 15.4 Å². The Bertz CT molecular complexity index is 468. The Morgan fingerprint density at radius 2 is 2.18 bits per heavy atom. The first-order chi connectivity index (χ1) is 8.27. The average molecular weight is 231 g/mol. The summed E-state index contributed by atoms with van der Waals surface area (Å²) in [4.78, 5) is 17.4. The second kappa shape index (κ2) is 5.20. The molecule has 2 aromatic rings. The molecule has 0 aliphatic carbocycles. The molecule has 0 saturated carbocycles. The predicted molar refractivity (Wildman–Crippen MR) is 61.3 cm³/mol. The van der Waals surface area contributed by atoms with Gasteiger partial charge in [0.1, 0.15) is 0 Å². The molecule has 2 rings (SSSR count). The first-order valence-corrected chi connectivity index (χ1v) is 5.27. The fourth-order valence-corrected chi connectivity index (χ4v) is 1.45. The monoisotopic (exact) mass is 231 g/mol. The van der Waals surface area contributed by atoms with Gasteiger partial charge in [0.25, 0.3) is 5.91 Å². The third kappa shape index (κ3) is 2.87. The van der Waals surface area contributed by atoms with E-state index in [-0.39, 0.29) is 5.91 Å². The fraction of sp³-hybridized carbons (Fsp3) is 0.273. The number of nitrogens with zero attached hydrogens (tertiary/aromatic N) is 4. The lowest BCUT2D eigenvalue weighted by Crippen LogP contribution is -2.29. The van der Waals surface area contributed by atoms with E-state index >= 15 is 0 Å². The number of aromatic amines is 1. The van der Waals surface area contributed by atoms with Crippen molar-refractivity contribution in [2.75, 3.05) is 13.6 Å². The van der Waals surface area contributed by atoms with Crippen LogP contribution in [0.2, 0.25) is 0 Å². The van der Waals surface area contributed by atoms with E-state index in [1.54, 1.807) is 24.3 Å². The van der Waals surface area contributed by atoms with E-state index < -0.39 is 0 Å². The highest BCUT2D eigenvalue weighted by Gasteiger charge is 2.13. The molecule has 0 fully saturated rings. The highest BCUT2D eigenvalue weighted by Crippen LogP contribution is 2.01. The van der Waals surface area contributed by atoms with Crippen LogP contribution in [-0.2, 0) is 6.42 Å². The molecule has 6 nitrogen and oxygen atoms in total. The highest BCUT2D eigenvalue weighted by molar-refractivity contribution is 5.91. The fourth-order valence-electron chi connectivity index (χ4n) is 1.45. The minimum absolute atomic E-state index is 0.132. The van der Waals surface area contributed by atoms with Gasteiger partial charge in [-0.05, 0) is 24.1 Å². The average Bonchev–Trinajstić information content (AvgIpc) is 2.90. The van der Waals surface area contributed by atoms with Gasteiger partial charge < -0.3 is 4.90 Å². The van der Waals surface area contributed by atoms with Crippen LogP contribution in [0.15, 0.2) is 30.7 Å². The van der Waals surface area contributed by atoms with Crippen molar-refractivity contribution in [1.29, 1.82) is 0 Å². The largest absolute Gasteiger partial charge is 0.340 e. The molecule has 1 N–H and O–H groups in total. The van der Waals surface area contributed by atoms with Crippen LogP contribution in [0.4, 0.5) is 0 Å². The van der Waals surface area contributed by atoms with Crippen LogP contribution in [0.3, 0.4) is 0 Å². The predicted octanol–water partition coefficient (Wildman–Crippen LogP) is 0.514. The van der Waals surface area contributed by atoms with Crippen LogP contribution in [0.25, 0.3) is 0 Å². The third-order valence-corrected chi connectivity index (χ3v) is 2.47. The Balaban J connectivity index is 1.90. The number of hydrogen-bond acceptors (Lipinski definition) is 4. The molecule has 1 amide bonds. The molecule has 0 aromatic carbocycles. The molecule has 0 bridgehead atoms. The second-order valence-electron chi connectivity index (χ2n) is 3.69. The lowest BCUT2D eigenvalue weighted by Gasteiger charge is -2.15. The van der Waals surface area contributed by atoms with Gasteiger partial charge in [-0.3, -0.25) is 9.78 Å². The molecule has 0 radical (unpaired) electrons. The molecule has 6 heteroatoms. The number of carbonyl (C=O) groups excluding carboxylic acids is 1. The van der Waals surface area contributed by atoms with E-state index in [0.29, 0.717) is 12.2 Å². The maximum Gasteiger partial charge on any atom is 0.275 e. The first-order valence-electron chi connectivity index (χ1n) is 5.27. The standard InChI is InChI=1S/C11H13N5O/c1-16(11(17)10-8-13-15-14-10)7-4-9-2-5-12-6-3-9/h2-3,5-6,8H,4,7H2,1H3,(H,13,14,15). The van der Waals surface area contributed by atoms with Gasteiger partial charge in [0, 0.05) is 26.0 Å². The summed E-state index contributed by atoms with van der Waals surface area (Å²) in [5.41, 5.74) is 1.49. The Hall–Kier alpha value is -2.24. The lowest BCUT2D eigenvalue weighted by atomic mass is 10.2. The summed E-state index contributed by atoms with van der Waals surface area (Å²) < 4.78 is 0. The Kier molecular flexibility index (Phi) is 3.44. The maximum atomic E-state index is 11.8. The van der Waals surface area contributed by atoms with Crippen molar-refractivity contribution < 1.29 is 4.79 Å². The topological polar surface area (TPSA) is 74.8 Å². The number of likely N-dealkylation sites (N-methyl/N-ethyl adjacent to an activating group) is 1. The summed E-state index contributed by atoms with van der Waals surface area (Å²) in [6.07, 6.45) is 5.71. The molecule has 88 valence electrons. The number of pyridine rings is 1. The number of nitrogens with one attached hydrogen (secondary N) is 1. The van der Waals surface area contributed by atoms with Crippen LogP contribution in [0.5, 0.6) is 0 Å². The molecular weight excluding hydrogens is 218 g/mol. The molecule has 2 aromatic heterocycles. The van der Waals surface area contributed by atoms with E-state index in [1.807, 2.05) is 12.1 Å². The van der Waals surface area contributed by atoms with Crippen LogP contribution in [0.1, 0.15) is 16.1 Å². The van der Waals surface area contributed by atoms with Gasteiger partial charge >= 0.3 is 0 Å². The minimum Gasteiger partial charge on any atom is -0.340 e. The normalized spacial score (nSPS) is 10.2. The molecule has 0 aliphatic heterocycles. The van der Waals surface area contributed by atoms with Crippen molar-refractivity contribution in [2.24, 2.45) is 0 Å². The van der Waals surface area contributed by atoms with Crippen LogP contribution >= 0.6 is 0 Å². The molecule has 2 heterocycles. The highest BCUT2D eigenvalue weighted by atomic mass is 16.2. The van der Waals surface area contributed by atoms with Gasteiger partial charge in [0.15, 0.2) is 5.69 Å². The molecular formula is C11H13N5O. The number of rotatable bonds is 4. The zero-order valence-corrected chi connectivity index (χ0v) is 9.50.